The van der Waals surface area contributed by atoms with Gasteiger partial charge in [0.1, 0.15) is 0 Å². The summed E-state index contributed by atoms with van der Waals surface area (Å²) in [7, 11) is 0. The van der Waals surface area contributed by atoms with E-state index in [9.17, 15) is 5.11 Å². The van der Waals surface area contributed by atoms with Gasteiger partial charge in [0, 0.05) is 13.2 Å². The molecule has 0 aromatic heterocycles. The number of aliphatic hydroxyl groups excluding tert-OH is 1. The smallest absolute Gasteiger partial charge is 0.191 e. The van der Waals surface area contributed by atoms with Crippen LogP contribution in [0.15, 0.2) is 47.5 Å². The second-order valence-electron chi connectivity index (χ2n) is 7.28. The molecule has 2 aromatic rings. The lowest BCUT2D eigenvalue weighted by atomic mass is 10.0. The number of rotatable bonds is 9. The van der Waals surface area contributed by atoms with Gasteiger partial charge in [0.05, 0.1) is 25.3 Å². The minimum Gasteiger partial charge on any atom is -0.389 e. The molecule has 0 saturated carbocycles. The Kier molecular flexibility index (Phi) is 8.55. The molecule has 0 heterocycles. The van der Waals surface area contributed by atoms with Crippen molar-refractivity contribution in [3.8, 4) is 0 Å². The maximum atomic E-state index is 10.1. The molecule has 0 saturated heterocycles. The maximum absolute atomic E-state index is 10.1. The minimum atomic E-state index is -0.602. The molecule has 2 unspecified atom stereocenters. The number of fused-ring (bicyclic) bond motifs is 1. The lowest BCUT2D eigenvalue weighted by Gasteiger charge is -2.19. The topological polar surface area (TPSA) is 65.9 Å². The quantitative estimate of drug-likeness (QED) is 0.466. The molecular weight excluding hydrogens is 338 g/mol. The summed E-state index contributed by atoms with van der Waals surface area (Å²) in [5, 5.41) is 19.2. The zero-order valence-electron chi connectivity index (χ0n) is 16.9. The number of aliphatic imine (C=N–C) groups is 1. The number of ether oxygens (including phenoxy) is 1. The summed E-state index contributed by atoms with van der Waals surface area (Å²) >= 11 is 0. The largest absolute Gasteiger partial charge is 0.389 e. The van der Waals surface area contributed by atoms with E-state index in [2.05, 4.69) is 78.9 Å². The average molecular weight is 372 g/mol. The molecule has 0 spiro atoms. The van der Waals surface area contributed by atoms with Gasteiger partial charge in [-0.15, -0.1) is 0 Å². The van der Waals surface area contributed by atoms with Crippen LogP contribution in [0.1, 0.15) is 39.3 Å². The molecule has 0 amide bonds. The third-order valence-electron chi connectivity index (χ3n) is 4.19. The van der Waals surface area contributed by atoms with Gasteiger partial charge in [0.2, 0.25) is 0 Å². The molecule has 3 N–H and O–H groups in total. The molecule has 0 bridgehead atoms. The lowest BCUT2D eigenvalue weighted by Crippen LogP contribution is -2.39. The zero-order valence-corrected chi connectivity index (χ0v) is 16.9. The van der Waals surface area contributed by atoms with Gasteiger partial charge in [-0.25, -0.2) is 0 Å². The molecule has 0 aliphatic heterocycles. The van der Waals surface area contributed by atoms with Gasteiger partial charge < -0.3 is 20.5 Å². The molecule has 2 atom stereocenters. The molecule has 5 nitrogen and oxygen atoms in total. The zero-order chi connectivity index (χ0) is 19.6. The number of nitrogens with zero attached hydrogens (tertiary/aromatic N) is 1. The second-order valence-corrected chi connectivity index (χ2v) is 7.28. The van der Waals surface area contributed by atoms with Crippen LogP contribution in [0.2, 0.25) is 0 Å². The van der Waals surface area contributed by atoms with Gasteiger partial charge in [-0.2, -0.15) is 0 Å². The van der Waals surface area contributed by atoms with Crippen LogP contribution < -0.4 is 10.6 Å². The van der Waals surface area contributed by atoms with Crippen LogP contribution in [-0.2, 0) is 4.74 Å². The minimum absolute atomic E-state index is 0.0988. The van der Waals surface area contributed by atoms with E-state index in [0.717, 1.165) is 6.54 Å². The van der Waals surface area contributed by atoms with Crippen LogP contribution in [0.3, 0.4) is 0 Å². The number of hydrogen-bond acceptors (Lipinski definition) is 3. The molecule has 0 aliphatic rings. The summed E-state index contributed by atoms with van der Waals surface area (Å²) in [6.07, 6.45) is -0.602. The first-order valence-corrected chi connectivity index (χ1v) is 9.79. The molecule has 2 aromatic carbocycles. The van der Waals surface area contributed by atoms with Crippen molar-refractivity contribution >= 4 is 16.7 Å². The molecule has 2 rings (SSSR count). The fourth-order valence-electron chi connectivity index (χ4n) is 2.77. The predicted molar refractivity (Wildman–Crippen MR) is 113 cm³/mol. The van der Waals surface area contributed by atoms with E-state index in [1.807, 2.05) is 6.92 Å². The first-order chi connectivity index (χ1) is 13.0. The van der Waals surface area contributed by atoms with Crippen LogP contribution >= 0.6 is 0 Å². The first kappa shape index (κ1) is 21.2. The van der Waals surface area contributed by atoms with Gasteiger partial charge in [-0.05, 0) is 42.2 Å². The number of nitrogens with one attached hydrogen (secondary N) is 2. The molecule has 0 radical (unpaired) electrons. The van der Waals surface area contributed by atoms with Crippen LogP contribution in [0.4, 0.5) is 0 Å². The average Bonchev–Trinajstić information content (AvgIpc) is 2.65. The third-order valence-corrected chi connectivity index (χ3v) is 4.19. The van der Waals surface area contributed by atoms with E-state index >= 15 is 0 Å². The van der Waals surface area contributed by atoms with Gasteiger partial charge in [0.25, 0.3) is 0 Å². The summed E-state index contributed by atoms with van der Waals surface area (Å²) in [6.45, 7) is 10.3. The Morgan fingerprint density at radius 1 is 1.07 bits per heavy atom. The fraction of sp³-hybridized carbons (Fsp3) is 0.500. The normalized spacial score (nSPS) is 14.4. The maximum Gasteiger partial charge on any atom is 0.191 e. The van der Waals surface area contributed by atoms with Crippen LogP contribution in [0.25, 0.3) is 10.8 Å². The van der Waals surface area contributed by atoms with E-state index in [4.69, 9.17) is 4.74 Å². The van der Waals surface area contributed by atoms with Crippen molar-refractivity contribution in [3.05, 3.63) is 48.0 Å². The highest BCUT2D eigenvalue weighted by Gasteiger charge is 2.10. The lowest BCUT2D eigenvalue weighted by molar-refractivity contribution is 0.0301. The Balaban J connectivity index is 1.96. The molecular formula is C22H33N3O2. The number of guanidine groups is 1. The summed E-state index contributed by atoms with van der Waals surface area (Å²) < 4.78 is 5.48. The van der Waals surface area contributed by atoms with Crippen molar-refractivity contribution in [2.24, 2.45) is 10.9 Å². The number of hydrogen-bond donors (Lipinski definition) is 3. The van der Waals surface area contributed by atoms with Crippen molar-refractivity contribution in [1.29, 1.82) is 0 Å². The van der Waals surface area contributed by atoms with Gasteiger partial charge in [0.15, 0.2) is 5.96 Å². The van der Waals surface area contributed by atoms with Crippen molar-refractivity contribution in [3.63, 3.8) is 0 Å². The van der Waals surface area contributed by atoms with Gasteiger partial charge in [-0.3, -0.25) is 4.99 Å². The molecule has 0 fully saturated rings. The monoisotopic (exact) mass is 371 g/mol. The van der Waals surface area contributed by atoms with E-state index < -0.39 is 6.10 Å². The van der Waals surface area contributed by atoms with Crippen LogP contribution in [0, 0.1) is 5.92 Å². The van der Waals surface area contributed by atoms with E-state index in [1.165, 1.54) is 16.3 Å². The fourth-order valence-corrected chi connectivity index (χ4v) is 2.77. The van der Waals surface area contributed by atoms with Crippen LogP contribution in [0.5, 0.6) is 0 Å². The Hall–Kier alpha value is -2.11. The predicted octanol–water partition coefficient (Wildman–Crippen LogP) is 3.49. The molecule has 27 heavy (non-hydrogen) atoms. The Morgan fingerprint density at radius 2 is 1.81 bits per heavy atom. The standard InChI is InChI=1S/C22H33N3O2/c1-5-23-22(24-13-21(26)15-27-14-16(2)3)25-17(4)19-11-10-18-8-6-7-9-20(18)12-19/h6-12,16-17,21,26H,5,13-15H2,1-4H3,(H2,23,24,25). The number of benzene rings is 2. The van der Waals surface area contributed by atoms with Crippen molar-refractivity contribution in [2.75, 3.05) is 26.3 Å². The first-order valence-electron chi connectivity index (χ1n) is 9.79. The highest BCUT2D eigenvalue weighted by molar-refractivity contribution is 5.84. The van der Waals surface area contributed by atoms with E-state index in [0.29, 0.717) is 31.6 Å². The number of aliphatic hydroxyl groups is 1. The van der Waals surface area contributed by atoms with E-state index in [-0.39, 0.29) is 6.04 Å². The summed E-state index contributed by atoms with van der Waals surface area (Å²) in [6, 6.07) is 14.9. The van der Waals surface area contributed by atoms with Crippen molar-refractivity contribution in [1.82, 2.24) is 10.6 Å². The van der Waals surface area contributed by atoms with E-state index in [1.54, 1.807) is 0 Å². The molecule has 5 heteroatoms. The van der Waals surface area contributed by atoms with Crippen molar-refractivity contribution in [2.45, 2.75) is 39.8 Å². The summed E-state index contributed by atoms with van der Waals surface area (Å²) in [5.74, 6) is 1.16. The highest BCUT2D eigenvalue weighted by Crippen LogP contribution is 2.20. The molecule has 0 aliphatic carbocycles. The second kappa shape index (κ2) is 10.9. The van der Waals surface area contributed by atoms with Crippen molar-refractivity contribution < 1.29 is 9.84 Å². The SMILES string of the molecule is CCNC(=NCC(O)COCC(C)C)NC(C)c1ccc2ccccc2c1. The third kappa shape index (κ3) is 7.19. The van der Waals surface area contributed by atoms with Gasteiger partial charge in [-0.1, -0.05) is 50.2 Å². The highest BCUT2D eigenvalue weighted by atomic mass is 16.5. The summed E-state index contributed by atoms with van der Waals surface area (Å²) in [4.78, 5) is 4.50. The summed E-state index contributed by atoms with van der Waals surface area (Å²) in [5.41, 5.74) is 1.19. The Labute approximate surface area is 162 Å². The molecule has 148 valence electrons. The van der Waals surface area contributed by atoms with Gasteiger partial charge >= 0.3 is 0 Å². The van der Waals surface area contributed by atoms with Crippen LogP contribution in [-0.4, -0.2) is 43.5 Å². The Morgan fingerprint density at radius 3 is 2.52 bits per heavy atom. The Bertz CT molecular complexity index is 730.